The lowest BCUT2D eigenvalue weighted by Crippen LogP contribution is -2.41. The molecule has 0 unspecified atom stereocenters. The second-order valence-corrected chi connectivity index (χ2v) is 6.22. The number of halogens is 1. The van der Waals surface area contributed by atoms with Crippen molar-refractivity contribution in [2.45, 2.75) is 26.6 Å². The van der Waals surface area contributed by atoms with Crippen LogP contribution in [0.3, 0.4) is 0 Å². The van der Waals surface area contributed by atoms with E-state index in [0.29, 0.717) is 10.0 Å². The third-order valence-corrected chi connectivity index (χ3v) is 3.51. The number of hydrogen-bond acceptors (Lipinski definition) is 7. The van der Waals surface area contributed by atoms with Gasteiger partial charge >= 0.3 is 17.9 Å². The quantitative estimate of drug-likeness (QED) is 0.334. The molecule has 1 aliphatic heterocycles. The second kappa shape index (κ2) is 6.64. The van der Waals surface area contributed by atoms with Crippen molar-refractivity contribution in [3.05, 3.63) is 27.7 Å². The third-order valence-electron chi connectivity index (χ3n) is 2.93. The molecule has 1 aromatic rings. The van der Waals surface area contributed by atoms with Gasteiger partial charge in [0, 0.05) is 20.8 Å². The third kappa shape index (κ3) is 3.94. The van der Waals surface area contributed by atoms with Gasteiger partial charge in [0.05, 0.1) is 11.6 Å². The van der Waals surface area contributed by atoms with Gasteiger partial charge in [-0.15, -0.1) is 0 Å². The summed E-state index contributed by atoms with van der Waals surface area (Å²) in [7, 11) is 1.40. The van der Waals surface area contributed by atoms with E-state index >= 15 is 0 Å². The second-order valence-electron chi connectivity index (χ2n) is 5.36. The van der Waals surface area contributed by atoms with Crippen molar-refractivity contribution in [2.75, 3.05) is 7.11 Å². The summed E-state index contributed by atoms with van der Waals surface area (Å²) >= 11 is 3.26. The van der Waals surface area contributed by atoms with Gasteiger partial charge < -0.3 is 18.9 Å². The number of benzene rings is 1. The van der Waals surface area contributed by atoms with Crippen LogP contribution in [0, 0.1) is 0 Å². The predicted molar refractivity (Wildman–Crippen MR) is 86.2 cm³/mol. The molecule has 0 aliphatic carbocycles. The Labute approximate surface area is 146 Å². The van der Waals surface area contributed by atoms with Crippen LogP contribution in [0.4, 0.5) is 0 Å². The summed E-state index contributed by atoms with van der Waals surface area (Å²) in [5, 5.41) is 0. The number of rotatable bonds is 3. The van der Waals surface area contributed by atoms with Crippen LogP contribution < -0.4 is 9.47 Å². The molecular formula is C16H15BrO7. The SMILES string of the molecule is COc1cc(C=C2C(=O)OC(C)(C)OC2=O)cc(Br)c1OC(C)=O. The van der Waals surface area contributed by atoms with E-state index < -0.39 is 23.7 Å². The fourth-order valence-electron chi connectivity index (χ4n) is 2.01. The minimum absolute atomic E-state index is 0.196. The molecule has 0 saturated carbocycles. The van der Waals surface area contributed by atoms with E-state index in [2.05, 4.69) is 15.9 Å². The smallest absolute Gasteiger partial charge is 0.348 e. The fraction of sp³-hybridized carbons (Fsp3) is 0.312. The van der Waals surface area contributed by atoms with Crippen molar-refractivity contribution in [1.29, 1.82) is 0 Å². The molecule has 0 aromatic heterocycles. The molecule has 1 aliphatic rings. The number of hydrogen-bond donors (Lipinski definition) is 0. The molecule has 0 radical (unpaired) electrons. The standard InChI is InChI=1S/C16H15BrO7/c1-8(18)22-13-11(17)6-9(7-12(13)21-4)5-10-14(19)23-16(2,3)24-15(10)20/h5-7H,1-4H3. The molecule has 0 N–H and O–H groups in total. The zero-order chi connectivity index (χ0) is 18.1. The summed E-state index contributed by atoms with van der Waals surface area (Å²) in [5.41, 5.74) is 0.210. The molecule has 2 rings (SSSR count). The van der Waals surface area contributed by atoms with Gasteiger partial charge in [0.15, 0.2) is 11.5 Å². The first-order chi connectivity index (χ1) is 11.1. The van der Waals surface area contributed by atoms with Crippen LogP contribution in [-0.4, -0.2) is 30.8 Å². The predicted octanol–water partition coefficient (Wildman–Crippen LogP) is 2.60. The number of carbonyl (C=O) groups is 3. The lowest BCUT2D eigenvalue weighted by atomic mass is 10.1. The summed E-state index contributed by atoms with van der Waals surface area (Å²) in [6.45, 7) is 4.19. The minimum atomic E-state index is -1.30. The maximum atomic E-state index is 12.0. The van der Waals surface area contributed by atoms with Gasteiger partial charge in [0.25, 0.3) is 5.79 Å². The Morgan fingerprint density at radius 2 is 1.79 bits per heavy atom. The molecule has 0 spiro atoms. The molecule has 1 fully saturated rings. The Balaban J connectivity index is 2.43. The average Bonchev–Trinajstić information content (AvgIpc) is 2.44. The van der Waals surface area contributed by atoms with E-state index in [9.17, 15) is 14.4 Å². The van der Waals surface area contributed by atoms with E-state index in [1.165, 1.54) is 40.0 Å². The van der Waals surface area contributed by atoms with E-state index in [1.54, 1.807) is 6.07 Å². The van der Waals surface area contributed by atoms with Crippen LogP contribution in [0.2, 0.25) is 0 Å². The van der Waals surface area contributed by atoms with E-state index in [0.717, 1.165) is 0 Å². The van der Waals surface area contributed by atoms with Crippen LogP contribution >= 0.6 is 15.9 Å². The largest absolute Gasteiger partial charge is 0.493 e. The van der Waals surface area contributed by atoms with Crippen molar-refractivity contribution in [3.8, 4) is 11.5 Å². The maximum absolute atomic E-state index is 12.0. The van der Waals surface area contributed by atoms with Crippen molar-refractivity contribution >= 4 is 39.9 Å². The van der Waals surface area contributed by atoms with Crippen molar-refractivity contribution in [1.82, 2.24) is 0 Å². The average molecular weight is 399 g/mol. The summed E-state index contributed by atoms with van der Waals surface area (Å²) in [6, 6.07) is 3.07. The number of esters is 3. The number of carbonyl (C=O) groups excluding carboxylic acids is 3. The molecule has 1 aromatic carbocycles. The highest BCUT2D eigenvalue weighted by atomic mass is 79.9. The summed E-state index contributed by atoms with van der Waals surface area (Å²) in [6.07, 6.45) is 1.31. The van der Waals surface area contributed by atoms with E-state index in [-0.39, 0.29) is 17.1 Å². The Morgan fingerprint density at radius 1 is 1.21 bits per heavy atom. The number of ether oxygens (including phenoxy) is 4. The van der Waals surface area contributed by atoms with Gasteiger partial charge in [0.1, 0.15) is 5.57 Å². The van der Waals surface area contributed by atoms with Gasteiger partial charge in [-0.2, -0.15) is 0 Å². The molecule has 1 saturated heterocycles. The summed E-state index contributed by atoms with van der Waals surface area (Å²) < 4.78 is 20.7. The lowest BCUT2D eigenvalue weighted by molar-refractivity contribution is -0.222. The molecule has 24 heavy (non-hydrogen) atoms. The molecule has 1 heterocycles. The van der Waals surface area contributed by atoms with Crippen molar-refractivity contribution in [3.63, 3.8) is 0 Å². The summed E-state index contributed by atoms with van der Waals surface area (Å²) in [5.74, 6) is -2.93. The monoisotopic (exact) mass is 398 g/mol. The molecule has 0 atom stereocenters. The molecule has 8 heteroatoms. The first-order valence-corrected chi connectivity index (χ1v) is 7.66. The Hall–Kier alpha value is -2.35. The topological polar surface area (TPSA) is 88.1 Å². The van der Waals surface area contributed by atoms with Gasteiger partial charge in [0.2, 0.25) is 0 Å². The van der Waals surface area contributed by atoms with Crippen molar-refractivity contribution < 1.29 is 33.3 Å². The normalized spacial score (nSPS) is 16.1. The number of methoxy groups -OCH3 is 1. The van der Waals surface area contributed by atoms with Crippen LogP contribution in [0.25, 0.3) is 6.08 Å². The molecule has 0 amide bonds. The number of cyclic esters (lactones) is 2. The Bertz CT molecular complexity index is 727. The molecule has 128 valence electrons. The minimum Gasteiger partial charge on any atom is -0.493 e. The highest BCUT2D eigenvalue weighted by Crippen LogP contribution is 2.37. The summed E-state index contributed by atoms with van der Waals surface area (Å²) in [4.78, 5) is 35.1. The maximum Gasteiger partial charge on any atom is 0.348 e. The molecule has 7 nitrogen and oxygen atoms in total. The first-order valence-electron chi connectivity index (χ1n) is 6.87. The van der Waals surface area contributed by atoms with Gasteiger partial charge in [-0.1, -0.05) is 0 Å². The van der Waals surface area contributed by atoms with E-state index in [1.807, 2.05) is 0 Å². The Kier molecular flexibility index (Phi) is 4.98. The van der Waals surface area contributed by atoms with Crippen LogP contribution in [0.5, 0.6) is 11.5 Å². The van der Waals surface area contributed by atoms with Crippen LogP contribution in [0.15, 0.2) is 22.2 Å². The van der Waals surface area contributed by atoms with Gasteiger partial charge in [-0.3, -0.25) is 4.79 Å². The highest BCUT2D eigenvalue weighted by Gasteiger charge is 2.38. The Morgan fingerprint density at radius 3 is 2.29 bits per heavy atom. The van der Waals surface area contributed by atoms with Gasteiger partial charge in [-0.05, 0) is 39.7 Å². The van der Waals surface area contributed by atoms with Crippen LogP contribution in [-0.2, 0) is 23.9 Å². The molecular weight excluding hydrogens is 384 g/mol. The zero-order valence-electron chi connectivity index (χ0n) is 13.5. The van der Waals surface area contributed by atoms with Gasteiger partial charge in [-0.25, -0.2) is 9.59 Å². The van der Waals surface area contributed by atoms with E-state index in [4.69, 9.17) is 18.9 Å². The van der Waals surface area contributed by atoms with Crippen LogP contribution in [0.1, 0.15) is 26.3 Å². The lowest BCUT2D eigenvalue weighted by Gasteiger charge is -2.29. The molecule has 0 bridgehead atoms. The zero-order valence-corrected chi connectivity index (χ0v) is 15.1. The first kappa shape index (κ1) is 18.0. The highest BCUT2D eigenvalue weighted by molar-refractivity contribution is 9.10. The van der Waals surface area contributed by atoms with Crippen molar-refractivity contribution in [2.24, 2.45) is 0 Å². The fourth-order valence-corrected chi connectivity index (χ4v) is 2.55.